The van der Waals surface area contributed by atoms with E-state index in [1.165, 1.54) is 11.1 Å². The number of aromatic nitrogens is 1. The number of likely N-dealkylation sites (tertiary alicyclic amines) is 1. The third kappa shape index (κ3) is 3.14. The van der Waals surface area contributed by atoms with Crippen LogP contribution in [0.25, 0.3) is 0 Å². The van der Waals surface area contributed by atoms with Crippen LogP contribution in [0.5, 0.6) is 0 Å². The summed E-state index contributed by atoms with van der Waals surface area (Å²) in [6.07, 6.45) is -9.65. The Kier molecular flexibility index (Phi) is 4.19. The van der Waals surface area contributed by atoms with E-state index in [1.807, 2.05) is 0 Å². The summed E-state index contributed by atoms with van der Waals surface area (Å²) in [6, 6.07) is 5.11. The molecule has 0 saturated carbocycles. The highest BCUT2D eigenvalue weighted by Crippen LogP contribution is 2.55. The van der Waals surface area contributed by atoms with Crippen molar-refractivity contribution in [2.24, 2.45) is 5.41 Å². The molecule has 118 valence electrons. The summed E-state index contributed by atoms with van der Waals surface area (Å²) in [7, 11) is 0. The molecular weight excluding hydrogens is 298 g/mol. The normalized spacial score (nSPS) is 19.9. The van der Waals surface area contributed by atoms with Gasteiger partial charge < -0.3 is 4.90 Å². The number of nitrogens with zero attached hydrogens (tertiary/aromatic N) is 2. The van der Waals surface area contributed by atoms with E-state index in [9.17, 15) is 26.3 Å². The Hall–Kier alpha value is -1.31. The maximum atomic E-state index is 12.9. The van der Waals surface area contributed by atoms with Crippen LogP contribution in [0.15, 0.2) is 24.4 Å². The fourth-order valence-electron chi connectivity index (χ4n) is 2.52. The fourth-order valence-corrected chi connectivity index (χ4v) is 2.52. The van der Waals surface area contributed by atoms with Crippen LogP contribution in [0.4, 0.5) is 26.3 Å². The summed E-state index contributed by atoms with van der Waals surface area (Å²) in [6.45, 7) is -1.12. The number of hydrogen-bond acceptors (Lipinski definition) is 2. The summed E-state index contributed by atoms with van der Waals surface area (Å²) in [5.41, 5.74) is -2.96. The van der Waals surface area contributed by atoms with Gasteiger partial charge in [-0.25, -0.2) is 0 Å². The van der Waals surface area contributed by atoms with Crippen LogP contribution in [-0.2, 0) is 6.42 Å². The van der Waals surface area contributed by atoms with E-state index >= 15 is 0 Å². The van der Waals surface area contributed by atoms with Gasteiger partial charge in [0.05, 0.1) is 0 Å². The number of alkyl halides is 6. The SMILES string of the molecule is FC(F)(F)C1(C(F)(F)F)CCN(CCc2ccccn2)C1. The maximum Gasteiger partial charge on any atom is 0.404 e. The molecule has 1 fully saturated rings. The van der Waals surface area contributed by atoms with Crippen molar-refractivity contribution in [3.63, 3.8) is 0 Å². The number of hydrogen-bond donors (Lipinski definition) is 0. The smallest absolute Gasteiger partial charge is 0.302 e. The zero-order valence-corrected chi connectivity index (χ0v) is 11.0. The molecule has 1 aromatic heterocycles. The van der Waals surface area contributed by atoms with Gasteiger partial charge in [0.15, 0.2) is 5.41 Å². The van der Waals surface area contributed by atoms with Gasteiger partial charge in [-0.05, 0) is 25.1 Å². The molecule has 1 saturated heterocycles. The highest BCUT2D eigenvalue weighted by molar-refractivity contribution is 5.05. The van der Waals surface area contributed by atoms with Gasteiger partial charge in [0.25, 0.3) is 0 Å². The molecule has 1 aromatic rings. The Bertz CT molecular complexity index is 454. The summed E-state index contributed by atoms with van der Waals surface area (Å²) in [5, 5.41) is 0. The zero-order chi connectivity index (χ0) is 15.7. The standard InChI is InChI=1S/C13H14F6N2/c14-12(15,16)11(13(17,18)19)5-8-21(9-11)7-4-10-3-1-2-6-20-10/h1-3,6H,4-5,7-9H2. The molecular formula is C13H14F6N2. The summed E-state index contributed by atoms with van der Waals surface area (Å²) in [5.74, 6) is 0. The molecule has 2 heterocycles. The lowest BCUT2D eigenvalue weighted by Gasteiger charge is -2.33. The van der Waals surface area contributed by atoms with Gasteiger partial charge in [-0.1, -0.05) is 6.07 Å². The van der Waals surface area contributed by atoms with E-state index < -0.39 is 30.7 Å². The summed E-state index contributed by atoms with van der Waals surface area (Å²) < 4.78 is 77.3. The van der Waals surface area contributed by atoms with Crippen molar-refractivity contribution in [2.45, 2.75) is 25.2 Å². The highest BCUT2D eigenvalue weighted by atomic mass is 19.4. The van der Waals surface area contributed by atoms with Crippen molar-refractivity contribution in [1.29, 1.82) is 0 Å². The van der Waals surface area contributed by atoms with Crippen molar-refractivity contribution >= 4 is 0 Å². The van der Waals surface area contributed by atoms with Crippen molar-refractivity contribution in [2.75, 3.05) is 19.6 Å². The molecule has 1 aliphatic heterocycles. The Morgan fingerprint density at radius 1 is 1.10 bits per heavy atom. The van der Waals surface area contributed by atoms with E-state index in [2.05, 4.69) is 4.98 Å². The van der Waals surface area contributed by atoms with Crippen LogP contribution >= 0.6 is 0 Å². The Balaban J connectivity index is 2.04. The van der Waals surface area contributed by atoms with E-state index in [0.29, 0.717) is 12.1 Å². The quantitative estimate of drug-likeness (QED) is 0.795. The van der Waals surface area contributed by atoms with Crippen LogP contribution < -0.4 is 0 Å². The molecule has 0 bridgehead atoms. The Morgan fingerprint density at radius 2 is 1.76 bits per heavy atom. The van der Waals surface area contributed by atoms with Crippen LogP contribution in [0, 0.1) is 5.41 Å². The second-order valence-corrected chi connectivity index (χ2v) is 5.17. The van der Waals surface area contributed by atoms with Gasteiger partial charge in [0.1, 0.15) is 0 Å². The van der Waals surface area contributed by atoms with Gasteiger partial charge in [0.2, 0.25) is 0 Å². The first-order chi connectivity index (χ1) is 9.66. The molecule has 0 atom stereocenters. The zero-order valence-electron chi connectivity index (χ0n) is 11.0. The molecule has 0 aromatic carbocycles. The van der Waals surface area contributed by atoms with Crippen molar-refractivity contribution in [3.05, 3.63) is 30.1 Å². The van der Waals surface area contributed by atoms with Gasteiger partial charge >= 0.3 is 12.4 Å². The third-order valence-electron chi connectivity index (χ3n) is 3.84. The van der Waals surface area contributed by atoms with E-state index in [1.54, 1.807) is 18.2 Å². The van der Waals surface area contributed by atoms with Gasteiger partial charge in [-0.15, -0.1) is 0 Å². The summed E-state index contributed by atoms with van der Waals surface area (Å²) in [4.78, 5) is 5.21. The topological polar surface area (TPSA) is 16.1 Å². The predicted octanol–water partition coefficient (Wildman–Crippen LogP) is 3.44. The van der Waals surface area contributed by atoms with Crippen molar-refractivity contribution in [3.8, 4) is 0 Å². The largest absolute Gasteiger partial charge is 0.404 e. The number of pyridine rings is 1. The number of rotatable bonds is 3. The molecule has 0 unspecified atom stereocenters. The summed E-state index contributed by atoms with van der Waals surface area (Å²) >= 11 is 0. The molecule has 0 radical (unpaired) electrons. The highest BCUT2D eigenvalue weighted by Gasteiger charge is 2.72. The van der Waals surface area contributed by atoms with Crippen molar-refractivity contribution < 1.29 is 26.3 Å². The monoisotopic (exact) mass is 312 g/mol. The van der Waals surface area contributed by atoms with Crippen LogP contribution in [0.2, 0.25) is 0 Å². The van der Waals surface area contributed by atoms with Crippen LogP contribution in [0.3, 0.4) is 0 Å². The lowest BCUT2D eigenvalue weighted by molar-refractivity contribution is -0.335. The minimum Gasteiger partial charge on any atom is -0.302 e. The fraction of sp³-hybridized carbons (Fsp3) is 0.615. The molecule has 0 aliphatic carbocycles. The molecule has 0 amide bonds. The minimum atomic E-state index is -5.29. The second-order valence-electron chi connectivity index (χ2n) is 5.17. The first-order valence-corrected chi connectivity index (χ1v) is 6.41. The van der Waals surface area contributed by atoms with E-state index in [0.717, 1.165) is 0 Å². The molecule has 8 heteroatoms. The average Bonchev–Trinajstić information content (AvgIpc) is 2.82. The lowest BCUT2D eigenvalue weighted by Crippen LogP contribution is -2.51. The predicted molar refractivity (Wildman–Crippen MR) is 63.5 cm³/mol. The van der Waals surface area contributed by atoms with Gasteiger partial charge in [0, 0.05) is 31.4 Å². The van der Waals surface area contributed by atoms with Crippen molar-refractivity contribution in [1.82, 2.24) is 9.88 Å². The lowest BCUT2D eigenvalue weighted by atomic mass is 9.85. The Morgan fingerprint density at radius 3 is 2.24 bits per heavy atom. The van der Waals surface area contributed by atoms with Crippen LogP contribution in [0.1, 0.15) is 12.1 Å². The van der Waals surface area contributed by atoms with Gasteiger partial charge in [-0.3, -0.25) is 4.98 Å². The first-order valence-electron chi connectivity index (χ1n) is 6.41. The molecule has 2 rings (SSSR count). The molecule has 1 aliphatic rings. The molecule has 2 nitrogen and oxygen atoms in total. The molecule has 21 heavy (non-hydrogen) atoms. The second kappa shape index (κ2) is 5.47. The van der Waals surface area contributed by atoms with Gasteiger partial charge in [-0.2, -0.15) is 26.3 Å². The molecule has 0 N–H and O–H groups in total. The van der Waals surface area contributed by atoms with Crippen LogP contribution in [-0.4, -0.2) is 41.9 Å². The van der Waals surface area contributed by atoms with E-state index in [-0.39, 0.29) is 13.1 Å². The Labute approximate surface area is 117 Å². The molecule has 0 spiro atoms. The maximum absolute atomic E-state index is 12.9. The third-order valence-corrected chi connectivity index (χ3v) is 3.84. The average molecular weight is 312 g/mol. The number of halogens is 6. The minimum absolute atomic E-state index is 0.130. The van der Waals surface area contributed by atoms with E-state index in [4.69, 9.17) is 0 Å². The first kappa shape index (κ1) is 16.1.